The summed E-state index contributed by atoms with van der Waals surface area (Å²) in [5, 5.41) is 19.8. The number of phosphoric acid groups is 1. The fourth-order valence-electron chi connectivity index (χ4n) is 2.03. The number of aryl methyl sites for hydroxylation is 1. The van der Waals surface area contributed by atoms with E-state index in [9.17, 15) is 19.6 Å². The largest absolute Gasteiger partial charge is 0.469 e. The van der Waals surface area contributed by atoms with Crippen LogP contribution in [-0.2, 0) is 13.8 Å². The number of hydrogen-bond donors (Lipinski definition) is 5. The van der Waals surface area contributed by atoms with E-state index in [1.165, 1.54) is 6.20 Å². The van der Waals surface area contributed by atoms with E-state index in [4.69, 9.17) is 20.3 Å². The van der Waals surface area contributed by atoms with Gasteiger partial charge in [-0.3, -0.25) is 9.09 Å². The fourth-order valence-corrected chi connectivity index (χ4v) is 2.37. The predicted molar refractivity (Wildman–Crippen MR) is 71.6 cm³/mol. The number of rotatable bonds is 4. The second-order valence-electron chi connectivity index (χ2n) is 4.83. The van der Waals surface area contributed by atoms with Gasteiger partial charge in [-0.05, 0) is 6.92 Å². The van der Waals surface area contributed by atoms with Crippen molar-refractivity contribution in [1.29, 1.82) is 0 Å². The summed E-state index contributed by atoms with van der Waals surface area (Å²) in [4.78, 5) is 32.6. The summed E-state index contributed by atoms with van der Waals surface area (Å²) in [6.07, 6.45) is -4.21. The molecule has 2 heterocycles. The molecule has 1 aromatic heterocycles. The molecule has 1 saturated heterocycles. The molecule has 1 fully saturated rings. The number of nitrogen functional groups attached to an aromatic ring is 1. The van der Waals surface area contributed by atoms with Gasteiger partial charge in [-0.15, -0.1) is 0 Å². The number of nitrogens with zero attached hydrogens (tertiary/aromatic N) is 2. The zero-order valence-corrected chi connectivity index (χ0v) is 12.3. The molecule has 0 radical (unpaired) electrons. The highest BCUT2D eigenvalue weighted by Gasteiger charge is 2.45. The topological polar surface area (TPSA) is 177 Å². The maximum atomic E-state index is 11.8. The maximum Gasteiger partial charge on any atom is 0.469 e. The van der Waals surface area contributed by atoms with Crippen LogP contribution in [0.3, 0.4) is 0 Å². The molecule has 1 unspecified atom stereocenters. The van der Waals surface area contributed by atoms with Gasteiger partial charge in [-0.2, -0.15) is 4.98 Å². The zero-order valence-electron chi connectivity index (χ0n) is 11.4. The first-order valence-electron chi connectivity index (χ1n) is 6.17. The summed E-state index contributed by atoms with van der Waals surface area (Å²) in [5.41, 5.74) is 5.15. The number of aromatic nitrogens is 2. The SMILES string of the molecule is Cc1cn([C@@H]2O[C@H](COP(=O)(O)O)C(O)[C@H]2O)c(=O)nc1N. The fraction of sp³-hybridized carbons (Fsp3) is 0.600. The van der Waals surface area contributed by atoms with Gasteiger partial charge in [0.05, 0.1) is 6.61 Å². The number of ether oxygens (including phenoxy) is 1. The molecule has 1 aliphatic heterocycles. The lowest BCUT2D eigenvalue weighted by molar-refractivity contribution is -0.0542. The molecule has 0 spiro atoms. The number of aliphatic hydroxyl groups is 2. The van der Waals surface area contributed by atoms with Crippen LogP contribution in [0.4, 0.5) is 5.82 Å². The zero-order chi connectivity index (χ0) is 16.7. The molecular weight excluding hydrogens is 321 g/mol. The molecule has 0 aromatic carbocycles. The van der Waals surface area contributed by atoms with E-state index in [1.807, 2.05) is 0 Å². The van der Waals surface area contributed by atoms with Gasteiger partial charge in [0.1, 0.15) is 24.1 Å². The Balaban J connectivity index is 2.22. The average Bonchev–Trinajstić information content (AvgIpc) is 2.68. The molecule has 0 bridgehead atoms. The lowest BCUT2D eigenvalue weighted by atomic mass is 10.1. The van der Waals surface area contributed by atoms with Crippen LogP contribution in [0.1, 0.15) is 11.8 Å². The van der Waals surface area contributed by atoms with Crippen LogP contribution in [-0.4, -0.2) is 54.5 Å². The van der Waals surface area contributed by atoms with Gasteiger partial charge in [0.15, 0.2) is 6.23 Å². The van der Waals surface area contributed by atoms with Crippen molar-refractivity contribution in [3.63, 3.8) is 0 Å². The van der Waals surface area contributed by atoms with E-state index < -0.39 is 44.7 Å². The van der Waals surface area contributed by atoms with Crippen LogP contribution < -0.4 is 11.4 Å². The second kappa shape index (κ2) is 6.05. The van der Waals surface area contributed by atoms with E-state index in [-0.39, 0.29) is 5.82 Å². The Kier molecular flexibility index (Phi) is 4.68. The molecule has 4 atom stereocenters. The Morgan fingerprint density at radius 1 is 1.45 bits per heavy atom. The van der Waals surface area contributed by atoms with Crippen molar-refractivity contribution in [2.75, 3.05) is 12.3 Å². The van der Waals surface area contributed by atoms with Crippen molar-refractivity contribution in [1.82, 2.24) is 9.55 Å². The van der Waals surface area contributed by atoms with E-state index in [2.05, 4.69) is 9.51 Å². The molecule has 2 rings (SSSR count). The minimum Gasteiger partial charge on any atom is -0.387 e. The molecular formula is C10H16N3O8P. The quantitative estimate of drug-likeness (QED) is 0.381. The second-order valence-corrected chi connectivity index (χ2v) is 6.07. The maximum absolute atomic E-state index is 11.8. The first-order valence-corrected chi connectivity index (χ1v) is 7.70. The van der Waals surface area contributed by atoms with E-state index in [0.29, 0.717) is 5.56 Å². The molecule has 0 amide bonds. The van der Waals surface area contributed by atoms with Crippen LogP contribution in [0, 0.1) is 6.92 Å². The Bertz CT molecular complexity index is 658. The van der Waals surface area contributed by atoms with Crippen molar-refractivity contribution in [2.24, 2.45) is 0 Å². The standard InChI is InChI=1S/C10H16N3O8P/c1-4-2-13(10(16)12-8(4)11)9-7(15)6(14)5(21-9)3-20-22(17,18)19/h2,5-7,9,14-15H,3H2,1H3,(H2,11,12,16)(H2,17,18,19)/t5-,6?,7-,9-/m1/s1. The van der Waals surface area contributed by atoms with Crippen LogP contribution >= 0.6 is 7.82 Å². The third kappa shape index (κ3) is 3.52. The lowest BCUT2D eigenvalue weighted by Gasteiger charge is -2.18. The van der Waals surface area contributed by atoms with Crippen LogP contribution in [0.2, 0.25) is 0 Å². The molecule has 1 aliphatic rings. The van der Waals surface area contributed by atoms with Crippen LogP contribution in [0.25, 0.3) is 0 Å². The summed E-state index contributed by atoms with van der Waals surface area (Å²) in [5.74, 6) is 0.0238. The number of nitrogens with two attached hydrogens (primary N) is 1. The molecule has 0 saturated carbocycles. The predicted octanol–water partition coefficient (Wildman–Crippen LogP) is -2.14. The Hall–Kier alpha value is -1.33. The number of aliphatic hydroxyl groups excluding tert-OH is 2. The summed E-state index contributed by atoms with van der Waals surface area (Å²) < 4.78 is 21.1. The van der Waals surface area contributed by atoms with Crippen molar-refractivity contribution in [2.45, 2.75) is 31.5 Å². The summed E-state index contributed by atoms with van der Waals surface area (Å²) >= 11 is 0. The van der Waals surface area contributed by atoms with Crippen molar-refractivity contribution in [3.8, 4) is 0 Å². The minimum absolute atomic E-state index is 0.0238. The molecule has 12 heteroatoms. The minimum atomic E-state index is -4.75. The van der Waals surface area contributed by atoms with Crippen LogP contribution in [0.15, 0.2) is 11.0 Å². The smallest absolute Gasteiger partial charge is 0.387 e. The van der Waals surface area contributed by atoms with Crippen molar-refractivity contribution in [3.05, 3.63) is 22.2 Å². The first kappa shape index (κ1) is 17.0. The van der Waals surface area contributed by atoms with Gasteiger partial charge >= 0.3 is 13.5 Å². The van der Waals surface area contributed by atoms with E-state index >= 15 is 0 Å². The summed E-state index contributed by atoms with van der Waals surface area (Å²) in [6.45, 7) is 0.930. The Morgan fingerprint density at radius 2 is 2.09 bits per heavy atom. The highest BCUT2D eigenvalue weighted by atomic mass is 31.2. The van der Waals surface area contributed by atoms with Gasteiger partial charge in [0.2, 0.25) is 0 Å². The van der Waals surface area contributed by atoms with Gasteiger partial charge in [0, 0.05) is 11.8 Å². The summed E-state index contributed by atoms with van der Waals surface area (Å²) in [6, 6.07) is 0. The monoisotopic (exact) mass is 337 g/mol. The third-order valence-corrected chi connectivity index (χ3v) is 3.68. The Labute approximate surface area is 124 Å². The van der Waals surface area contributed by atoms with Gasteiger partial charge in [-0.1, -0.05) is 0 Å². The van der Waals surface area contributed by atoms with Crippen LogP contribution in [0.5, 0.6) is 0 Å². The highest BCUT2D eigenvalue weighted by Crippen LogP contribution is 2.38. The molecule has 22 heavy (non-hydrogen) atoms. The normalized spacial score (nSPS) is 29.0. The van der Waals surface area contributed by atoms with E-state index in [0.717, 1.165) is 4.57 Å². The number of anilines is 1. The molecule has 6 N–H and O–H groups in total. The van der Waals surface area contributed by atoms with Gasteiger partial charge in [0.25, 0.3) is 0 Å². The average molecular weight is 337 g/mol. The summed E-state index contributed by atoms with van der Waals surface area (Å²) in [7, 11) is -4.75. The first-order chi connectivity index (χ1) is 10.1. The molecule has 0 aliphatic carbocycles. The molecule has 11 nitrogen and oxygen atoms in total. The lowest BCUT2D eigenvalue weighted by Crippen LogP contribution is -2.36. The van der Waals surface area contributed by atoms with Crippen molar-refractivity contribution < 1.29 is 33.8 Å². The number of hydrogen-bond acceptors (Lipinski definition) is 8. The third-order valence-electron chi connectivity index (χ3n) is 3.19. The Morgan fingerprint density at radius 3 is 2.68 bits per heavy atom. The highest BCUT2D eigenvalue weighted by molar-refractivity contribution is 7.46. The van der Waals surface area contributed by atoms with Gasteiger partial charge < -0.3 is 30.5 Å². The molecule has 124 valence electrons. The molecule has 1 aromatic rings. The van der Waals surface area contributed by atoms with Gasteiger partial charge in [-0.25, -0.2) is 9.36 Å². The van der Waals surface area contributed by atoms with E-state index in [1.54, 1.807) is 6.92 Å². The number of phosphoric ester groups is 1. The van der Waals surface area contributed by atoms with Crippen molar-refractivity contribution >= 4 is 13.6 Å².